The van der Waals surface area contributed by atoms with Gasteiger partial charge in [0.1, 0.15) is 11.9 Å². The van der Waals surface area contributed by atoms with Crippen molar-refractivity contribution in [2.75, 3.05) is 52.9 Å². The Balaban J connectivity index is 1.38. The zero-order valence-corrected chi connectivity index (χ0v) is 18.8. The first kappa shape index (κ1) is 21.4. The van der Waals surface area contributed by atoms with E-state index in [1.165, 1.54) is 63.8 Å². The zero-order valence-electron chi connectivity index (χ0n) is 18.8. The Morgan fingerprint density at radius 2 is 1.87 bits per heavy atom. The molecule has 3 aliphatic rings. The van der Waals surface area contributed by atoms with Crippen molar-refractivity contribution in [1.29, 1.82) is 0 Å². The number of ether oxygens (including phenoxy) is 1. The lowest BCUT2D eigenvalue weighted by molar-refractivity contribution is 0.0208. The first-order valence-electron chi connectivity index (χ1n) is 11.9. The summed E-state index contributed by atoms with van der Waals surface area (Å²) in [7, 11) is 2.24. The Morgan fingerprint density at radius 1 is 1.10 bits per heavy atom. The summed E-state index contributed by atoms with van der Waals surface area (Å²) >= 11 is 0. The molecule has 0 aromatic heterocycles. The van der Waals surface area contributed by atoms with E-state index in [4.69, 9.17) is 9.73 Å². The SMILES string of the molecule is CCNC(=NCC1(N2CCCCC2)CCN(C)CC1)NCC1Cc2ccccc2O1. The van der Waals surface area contributed by atoms with Crippen LogP contribution in [0.5, 0.6) is 5.75 Å². The average molecular weight is 414 g/mol. The van der Waals surface area contributed by atoms with Crippen molar-refractivity contribution in [3.05, 3.63) is 29.8 Å². The van der Waals surface area contributed by atoms with Crippen LogP contribution in [0, 0.1) is 0 Å². The van der Waals surface area contributed by atoms with E-state index in [0.717, 1.165) is 37.8 Å². The van der Waals surface area contributed by atoms with Crippen molar-refractivity contribution < 1.29 is 4.74 Å². The number of hydrogen-bond donors (Lipinski definition) is 2. The predicted molar refractivity (Wildman–Crippen MR) is 123 cm³/mol. The largest absolute Gasteiger partial charge is 0.488 e. The number of nitrogens with zero attached hydrogens (tertiary/aromatic N) is 3. The van der Waals surface area contributed by atoms with Gasteiger partial charge in [0.2, 0.25) is 0 Å². The van der Waals surface area contributed by atoms with Crippen LogP contribution in [0.1, 0.15) is 44.6 Å². The third-order valence-electron chi connectivity index (χ3n) is 7.03. The summed E-state index contributed by atoms with van der Waals surface area (Å²) in [6.07, 6.45) is 7.61. The van der Waals surface area contributed by atoms with Gasteiger partial charge in [-0.3, -0.25) is 9.89 Å². The van der Waals surface area contributed by atoms with Gasteiger partial charge in [0.25, 0.3) is 0 Å². The van der Waals surface area contributed by atoms with Crippen molar-refractivity contribution in [2.24, 2.45) is 4.99 Å². The van der Waals surface area contributed by atoms with Crippen LogP contribution in [-0.4, -0.2) is 80.3 Å². The number of benzene rings is 1. The minimum atomic E-state index is 0.172. The van der Waals surface area contributed by atoms with Gasteiger partial charge in [-0.1, -0.05) is 24.6 Å². The molecule has 6 nitrogen and oxygen atoms in total. The summed E-state index contributed by atoms with van der Waals surface area (Å²) in [5.41, 5.74) is 1.52. The Labute approximate surface area is 182 Å². The first-order chi connectivity index (χ1) is 14.7. The molecule has 1 aromatic carbocycles. The van der Waals surface area contributed by atoms with E-state index >= 15 is 0 Å². The minimum Gasteiger partial charge on any atom is -0.488 e. The molecule has 166 valence electrons. The van der Waals surface area contributed by atoms with E-state index in [1.54, 1.807) is 0 Å². The molecule has 0 spiro atoms. The van der Waals surface area contributed by atoms with E-state index in [0.29, 0.717) is 0 Å². The van der Waals surface area contributed by atoms with Crippen molar-refractivity contribution in [3.8, 4) is 5.75 Å². The lowest BCUT2D eigenvalue weighted by Gasteiger charge is -2.49. The second-order valence-corrected chi connectivity index (χ2v) is 9.20. The molecule has 3 aliphatic heterocycles. The molecule has 0 radical (unpaired) electrons. The number of guanidine groups is 1. The molecule has 1 atom stereocenters. The summed E-state index contributed by atoms with van der Waals surface area (Å²) < 4.78 is 6.10. The number of para-hydroxylation sites is 1. The number of fused-ring (bicyclic) bond motifs is 1. The molecule has 2 saturated heterocycles. The summed E-state index contributed by atoms with van der Waals surface area (Å²) in [6, 6.07) is 8.36. The number of piperidine rings is 2. The van der Waals surface area contributed by atoms with Gasteiger partial charge in [-0.25, -0.2) is 0 Å². The topological polar surface area (TPSA) is 52.1 Å². The highest BCUT2D eigenvalue weighted by Crippen LogP contribution is 2.32. The molecule has 0 bridgehead atoms. The third-order valence-corrected chi connectivity index (χ3v) is 7.03. The lowest BCUT2D eigenvalue weighted by Crippen LogP contribution is -2.58. The molecule has 2 N–H and O–H groups in total. The van der Waals surface area contributed by atoms with Crippen LogP contribution < -0.4 is 15.4 Å². The van der Waals surface area contributed by atoms with Gasteiger partial charge in [0, 0.05) is 18.5 Å². The maximum atomic E-state index is 6.10. The number of rotatable bonds is 6. The lowest BCUT2D eigenvalue weighted by atomic mass is 9.84. The monoisotopic (exact) mass is 413 g/mol. The second kappa shape index (κ2) is 10.0. The van der Waals surface area contributed by atoms with E-state index in [1.807, 2.05) is 6.07 Å². The highest BCUT2D eigenvalue weighted by molar-refractivity contribution is 5.79. The molecule has 1 unspecified atom stereocenters. The summed E-state index contributed by atoms with van der Waals surface area (Å²) in [6.45, 7) is 9.47. The van der Waals surface area contributed by atoms with Gasteiger partial charge in [-0.2, -0.15) is 0 Å². The first-order valence-corrected chi connectivity index (χ1v) is 11.9. The van der Waals surface area contributed by atoms with Gasteiger partial charge in [-0.05, 0) is 77.5 Å². The van der Waals surface area contributed by atoms with Crippen LogP contribution in [0.4, 0.5) is 0 Å². The van der Waals surface area contributed by atoms with E-state index in [-0.39, 0.29) is 11.6 Å². The fourth-order valence-electron chi connectivity index (χ4n) is 5.12. The highest BCUT2D eigenvalue weighted by Gasteiger charge is 2.39. The zero-order chi connectivity index (χ0) is 20.8. The van der Waals surface area contributed by atoms with Crippen molar-refractivity contribution in [2.45, 2.75) is 57.1 Å². The van der Waals surface area contributed by atoms with Crippen LogP contribution in [0.25, 0.3) is 0 Å². The van der Waals surface area contributed by atoms with E-state index in [9.17, 15) is 0 Å². The Hall–Kier alpha value is -1.79. The van der Waals surface area contributed by atoms with Gasteiger partial charge >= 0.3 is 0 Å². The fourth-order valence-corrected chi connectivity index (χ4v) is 5.12. The van der Waals surface area contributed by atoms with E-state index < -0.39 is 0 Å². The molecule has 0 amide bonds. The molecule has 0 saturated carbocycles. The molecular weight excluding hydrogens is 374 g/mol. The number of nitrogens with one attached hydrogen (secondary N) is 2. The molecule has 2 fully saturated rings. The highest BCUT2D eigenvalue weighted by atomic mass is 16.5. The number of hydrogen-bond acceptors (Lipinski definition) is 4. The van der Waals surface area contributed by atoms with Crippen LogP contribution in [0.15, 0.2) is 29.3 Å². The van der Waals surface area contributed by atoms with Crippen molar-refractivity contribution >= 4 is 5.96 Å². The Kier molecular flexibility index (Phi) is 7.16. The quantitative estimate of drug-likeness (QED) is 0.554. The summed E-state index contributed by atoms with van der Waals surface area (Å²) in [5.74, 6) is 1.95. The van der Waals surface area contributed by atoms with Crippen LogP contribution in [0.2, 0.25) is 0 Å². The normalized spacial score (nSPS) is 24.9. The standard InChI is InChI=1S/C24H39N5O/c1-3-25-23(26-18-21-17-20-9-5-6-10-22(20)30-21)27-19-24(11-15-28(2)16-12-24)29-13-7-4-8-14-29/h5-6,9-10,21H,3-4,7-8,11-19H2,1-2H3,(H2,25,26,27). The van der Waals surface area contributed by atoms with E-state index in [2.05, 4.69) is 52.6 Å². The molecular formula is C24H39N5O. The smallest absolute Gasteiger partial charge is 0.191 e. The van der Waals surface area contributed by atoms with Crippen molar-refractivity contribution in [3.63, 3.8) is 0 Å². The summed E-state index contributed by atoms with van der Waals surface area (Å²) in [4.78, 5) is 10.3. The fraction of sp³-hybridized carbons (Fsp3) is 0.708. The van der Waals surface area contributed by atoms with Crippen LogP contribution in [0.3, 0.4) is 0 Å². The molecule has 1 aromatic rings. The second-order valence-electron chi connectivity index (χ2n) is 9.20. The predicted octanol–water partition coefficient (Wildman–Crippen LogP) is 2.50. The van der Waals surface area contributed by atoms with Gasteiger partial charge in [-0.15, -0.1) is 0 Å². The third kappa shape index (κ3) is 5.09. The number of likely N-dealkylation sites (tertiary alicyclic amines) is 2. The van der Waals surface area contributed by atoms with Crippen LogP contribution >= 0.6 is 0 Å². The molecule has 3 heterocycles. The Bertz CT molecular complexity index is 682. The minimum absolute atomic E-state index is 0.172. The van der Waals surface area contributed by atoms with Gasteiger partial charge in [0.15, 0.2) is 5.96 Å². The maximum Gasteiger partial charge on any atom is 0.191 e. The molecule has 0 aliphatic carbocycles. The average Bonchev–Trinajstić information content (AvgIpc) is 3.21. The van der Waals surface area contributed by atoms with Crippen molar-refractivity contribution in [1.82, 2.24) is 20.4 Å². The van der Waals surface area contributed by atoms with Gasteiger partial charge in [0.05, 0.1) is 13.1 Å². The van der Waals surface area contributed by atoms with Gasteiger partial charge < -0.3 is 20.3 Å². The molecule has 4 rings (SSSR count). The summed E-state index contributed by atoms with van der Waals surface area (Å²) in [5, 5.41) is 7.00. The molecule has 6 heteroatoms. The molecule has 30 heavy (non-hydrogen) atoms. The maximum absolute atomic E-state index is 6.10. The Morgan fingerprint density at radius 3 is 2.60 bits per heavy atom. The van der Waals surface area contributed by atoms with Crippen LogP contribution in [-0.2, 0) is 6.42 Å². The number of aliphatic imine (C=N–C) groups is 1.